The van der Waals surface area contributed by atoms with Gasteiger partial charge in [0.05, 0.1) is 0 Å². The van der Waals surface area contributed by atoms with E-state index in [1.807, 2.05) is 13.8 Å². The second-order valence-corrected chi connectivity index (χ2v) is 4.17. The van der Waals surface area contributed by atoms with Crippen molar-refractivity contribution in [2.75, 3.05) is 25.6 Å². The molecule has 0 heterocycles. The van der Waals surface area contributed by atoms with Crippen LogP contribution in [0.2, 0.25) is 0 Å². The normalized spacial score (nSPS) is 11.0. The van der Waals surface area contributed by atoms with Gasteiger partial charge in [-0.2, -0.15) is 12.6 Å². The van der Waals surface area contributed by atoms with E-state index in [0.29, 0.717) is 19.8 Å². The SMILES string of the molecule is CCO[SiH](OCC)OCCCS. The number of hydrogen-bond acceptors (Lipinski definition) is 4. The summed E-state index contributed by atoms with van der Waals surface area (Å²) in [4.78, 5) is 0. The third-order valence-electron chi connectivity index (χ3n) is 1.16. The van der Waals surface area contributed by atoms with Gasteiger partial charge in [-0.05, 0) is 26.0 Å². The molecule has 3 nitrogen and oxygen atoms in total. The third kappa shape index (κ3) is 7.12. The van der Waals surface area contributed by atoms with E-state index in [1.54, 1.807) is 0 Å². The minimum Gasteiger partial charge on any atom is -0.376 e. The Morgan fingerprint density at radius 1 is 1.08 bits per heavy atom. The maximum atomic E-state index is 5.41. The fraction of sp³-hybridized carbons (Fsp3) is 1.00. The van der Waals surface area contributed by atoms with Gasteiger partial charge in [0, 0.05) is 19.8 Å². The predicted octanol–water partition coefficient (Wildman–Crippen LogP) is 1.11. The molecule has 12 heavy (non-hydrogen) atoms. The maximum Gasteiger partial charge on any atom is 0.484 e. The first-order chi connectivity index (χ1) is 5.85. The molecule has 0 aliphatic rings. The van der Waals surface area contributed by atoms with Crippen LogP contribution in [0, 0.1) is 0 Å². The van der Waals surface area contributed by atoms with E-state index in [4.69, 9.17) is 13.3 Å². The van der Waals surface area contributed by atoms with Gasteiger partial charge in [0.2, 0.25) is 0 Å². The Kier molecular flexibility index (Phi) is 9.89. The minimum absolute atomic E-state index is 0.664. The second-order valence-electron chi connectivity index (χ2n) is 2.15. The molecule has 0 aromatic rings. The molecule has 5 heteroatoms. The zero-order chi connectivity index (χ0) is 9.23. The van der Waals surface area contributed by atoms with Crippen LogP contribution >= 0.6 is 12.6 Å². The minimum atomic E-state index is -1.80. The summed E-state index contributed by atoms with van der Waals surface area (Å²) in [5.41, 5.74) is 0. The van der Waals surface area contributed by atoms with Gasteiger partial charge in [-0.15, -0.1) is 0 Å². The quantitative estimate of drug-likeness (QED) is 0.369. The van der Waals surface area contributed by atoms with Crippen molar-refractivity contribution in [2.45, 2.75) is 20.3 Å². The van der Waals surface area contributed by atoms with Crippen molar-refractivity contribution in [3.8, 4) is 0 Å². The molecule has 0 fully saturated rings. The van der Waals surface area contributed by atoms with Crippen LogP contribution in [0.15, 0.2) is 0 Å². The molecule has 0 N–H and O–H groups in total. The van der Waals surface area contributed by atoms with Crippen molar-refractivity contribution in [1.29, 1.82) is 0 Å². The van der Waals surface area contributed by atoms with Gasteiger partial charge in [-0.3, -0.25) is 0 Å². The second kappa shape index (κ2) is 9.53. The highest BCUT2D eigenvalue weighted by Gasteiger charge is 2.12. The molecular weight excluding hydrogens is 192 g/mol. The topological polar surface area (TPSA) is 27.7 Å². The number of thiol groups is 1. The molecule has 0 aliphatic heterocycles. The zero-order valence-electron chi connectivity index (χ0n) is 7.78. The van der Waals surface area contributed by atoms with E-state index in [2.05, 4.69) is 12.6 Å². The lowest BCUT2D eigenvalue weighted by molar-refractivity contribution is 0.102. The molecule has 0 radical (unpaired) electrons. The Morgan fingerprint density at radius 3 is 2.08 bits per heavy atom. The average Bonchev–Trinajstić information content (AvgIpc) is 2.06. The Morgan fingerprint density at radius 2 is 1.67 bits per heavy atom. The van der Waals surface area contributed by atoms with Crippen LogP contribution in [0.4, 0.5) is 0 Å². The Labute approximate surface area is 81.8 Å². The van der Waals surface area contributed by atoms with E-state index in [0.717, 1.165) is 12.2 Å². The summed E-state index contributed by atoms with van der Waals surface area (Å²) in [6, 6.07) is 0. The summed E-state index contributed by atoms with van der Waals surface area (Å²) in [5, 5.41) is 0. The van der Waals surface area contributed by atoms with Gasteiger partial charge in [0.15, 0.2) is 0 Å². The van der Waals surface area contributed by atoms with Crippen LogP contribution in [0.25, 0.3) is 0 Å². The summed E-state index contributed by atoms with van der Waals surface area (Å²) in [5.74, 6) is 0.847. The van der Waals surface area contributed by atoms with Crippen molar-refractivity contribution in [3.63, 3.8) is 0 Å². The van der Waals surface area contributed by atoms with Crippen molar-refractivity contribution in [2.24, 2.45) is 0 Å². The molecule has 0 amide bonds. The van der Waals surface area contributed by atoms with Crippen LogP contribution in [0.1, 0.15) is 20.3 Å². The standard InChI is InChI=1S/C7H18O3SSi/c1-3-8-12(9-4-2)10-6-5-7-11/h11-12H,3-7H2,1-2H3. The van der Waals surface area contributed by atoms with Crippen molar-refractivity contribution in [1.82, 2.24) is 0 Å². The van der Waals surface area contributed by atoms with E-state index >= 15 is 0 Å². The summed E-state index contributed by atoms with van der Waals surface area (Å²) < 4.78 is 16.0. The van der Waals surface area contributed by atoms with Gasteiger partial charge < -0.3 is 13.3 Å². The Bertz CT molecular complexity index is 88.7. The van der Waals surface area contributed by atoms with Crippen LogP contribution in [-0.2, 0) is 13.3 Å². The molecule has 0 spiro atoms. The molecular formula is C7H18O3SSi. The smallest absolute Gasteiger partial charge is 0.376 e. The first kappa shape index (κ1) is 12.4. The van der Waals surface area contributed by atoms with Crippen molar-refractivity contribution in [3.05, 3.63) is 0 Å². The third-order valence-corrected chi connectivity index (χ3v) is 3.20. The van der Waals surface area contributed by atoms with Gasteiger partial charge in [0.1, 0.15) is 0 Å². The molecule has 0 aromatic heterocycles. The van der Waals surface area contributed by atoms with Crippen LogP contribution < -0.4 is 0 Å². The molecule has 0 aliphatic carbocycles. The number of rotatable bonds is 8. The molecule has 0 saturated carbocycles. The van der Waals surface area contributed by atoms with E-state index in [1.165, 1.54) is 0 Å². The van der Waals surface area contributed by atoms with Crippen molar-refractivity contribution >= 4 is 22.2 Å². The highest BCUT2D eigenvalue weighted by Crippen LogP contribution is 1.94. The molecule has 0 unspecified atom stereocenters. The molecule has 0 rings (SSSR count). The summed E-state index contributed by atoms with van der Waals surface area (Å²) >= 11 is 4.08. The van der Waals surface area contributed by atoms with Gasteiger partial charge >= 0.3 is 9.53 Å². The molecule has 0 atom stereocenters. The first-order valence-corrected chi connectivity index (χ1v) is 6.35. The Hall–Kier alpha value is 0.447. The fourth-order valence-electron chi connectivity index (χ4n) is 0.661. The molecule has 74 valence electrons. The van der Waals surface area contributed by atoms with E-state index in [9.17, 15) is 0 Å². The lowest BCUT2D eigenvalue weighted by Crippen LogP contribution is -2.27. The molecule has 0 bridgehead atoms. The lowest BCUT2D eigenvalue weighted by Gasteiger charge is -2.14. The Balaban J connectivity index is 3.34. The zero-order valence-corrected chi connectivity index (χ0v) is 9.83. The van der Waals surface area contributed by atoms with Gasteiger partial charge in [-0.25, -0.2) is 0 Å². The molecule has 0 aromatic carbocycles. The summed E-state index contributed by atoms with van der Waals surface area (Å²) in [7, 11) is -1.80. The van der Waals surface area contributed by atoms with Crippen LogP contribution in [-0.4, -0.2) is 35.1 Å². The van der Waals surface area contributed by atoms with E-state index in [-0.39, 0.29) is 0 Å². The van der Waals surface area contributed by atoms with E-state index < -0.39 is 9.53 Å². The van der Waals surface area contributed by atoms with Crippen LogP contribution in [0.3, 0.4) is 0 Å². The fourth-order valence-corrected chi connectivity index (χ4v) is 1.98. The largest absolute Gasteiger partial charge is 0.484 e. The maximum absolute atomic E-state index is 5.41. The van der Waals surface area contributed by atoms with Crippen molar-refractivity contribution < 1.29 is 13.3 Å². The first-order valence-electron chi connectivity index (χ1n) is 4.30. The van der Waals surface area contributed by atoms with Crippen LogP contribution in [0.5, 0.6) is 0 Å². The lowest BCUT2D eigenvalue weighted by atomic mass is 10.5. The predicted molar refractivity (Wildman–Crippen MR) is 54.8 cm³/mol. The molecule has 0 saturated heterocycles. The highest BCUT2D eigenvalue weighted by molar-refractivity contribution is 7.80. The monoisotopic (exact) mass is 210 g/mol. The van der Waals surface area contributed by atoms with Gasteiger partial charge in [0.25, 0.3) is 0 Å². The summed E-state index contributed by atoms with van der Waals surface area (Å²) in [6.07, 6.45) is 0.951. The number of hydrogen-bond donors (Lipinski definition) is 1. The van der Waals surface area contributed by atoms with Gasteiger partial charge in [-0.1, -0.05) is 0 Å². The summed E-state index contributed by atoms with van der Waals surface area (Å²) in [6.45, 7) is 5.91. The highest BCUT2D eigenvalue weighted by atomic mass is 32.1. The average molecular weight is 210 g/mol.